The maximum Gasteiger partial charge on any atom is 0.338 e. The summed E-state index contributed by atoms with van der Waals surface area (Å²) in [7, 11) is 0. The lowest BCUT2D eigenvalue weighted by Crippen LogP contribution is -2.06. The standard InChI is InChI=1S/C24H16N2O6/c25-15-31-21-9-5-19(6-10-21)23(27)29-13-17-1-2-18(4-3-17)14-30-24(28)20-7-11-22(12-8-20)32-16-26/h1-12H,13-14H2. The van der Waals surface area contributed by atoms with Gasteiger partial charge in [-0.05, 0) is 59.7 Å². The molecule has 3 rings (SSSR count). The number of hydrogen-bond acceptors (Lipinski definition) is 8. The maximum absolute atomic E-state index is 12.1. The van der Waals surface area contributed by atoms with Crippen molar-refractivity contribution in [3.05, 3.63) is 95.1 Å². The number of hydrogen-bond donors (Lipinski definition) is 0. The fraction of sp³-hybridized carbons (Fsp3) is 0.0833. The fourth-order valence-corrected chi connectivity index (χ4v) is 2.62. The summed E-state index contributed by atoms with van der Waals surface area (Å²) in [5.41, 5.74) is 2.22. The molecular weight excluding hydrogens is 412 g/mol. The summed E-state index contributed by atoms with van der Waals surface area (Å²) in [5.74, 6) is -0.328. The van der Waals surface area contributed by atoms with Gasteiger partial charge in [-0.1, -0.05) is 24.3 Å². The molecule has 0 aromatic heterocycles. The van der Waals surface area contributed by atoms with Crippen molar-refractivity contribution in [1.82, 2.24) is 0 Å². The summed E-state index contributed by atoms with van der Waals surface area (Å²) in [5, 5.41) is 16.9. The van der Waals surface area contributed by atoms with E-state index in [0.29, 0.717) is 22.6 Å². The SMILES string of the molecule is N#COc1ccc(C(=O)OCc2ccc(COC(=O)c3ccc(OC#N)cc3)cc2)cc1. The molecule has 0 bridgehead atoms. The molecule has 0 atom stereocenters. The van der Waals surface area contributed by atoms with E-state index in [1.54, 1.807) is 36.8 Å². The highest BCUT2D eigenvalue weighted by molar-refractivity contribution is 5.90. The summed E-state index contributed by atoms with van der Waals surface area (Å²) in [6.07, 6.45) is 3.11. The third-order valence-corrected chi connectivity index (χ3v) is 4.27. The number of ether oxygens (including phenoxy) is 4. The van der Waals surface area contributed by atoms with Crippen LogP contribution in [0.5, 0.6) is 11.5 Å². The number of esters is 2. The van der Waals surface area contributed by atoms with Gasteiger partial charge in [-0.25, -0.2) is 9.59 Å². The van der Waals surface area contributed by atoms with Gasteiger partial charge in [0.2, 0.25) is 0 Å². The minimum atomic E-state index is -0.502. The van der Waals surface area contributed by atoms with E-state index in [-0.39, 0.29) is 13.2 Å². The van der Waals surface area contributed by atoms with Gasteiger partial charge in [0.1, 0.15) is 24.7 Å². The van der Waals surface area contributed by atoms with Crippen LogP contribution in [0.25, 0.3) is 0 Å². The Morgan fingerprint density at radius 3 is 1.25 bits per heavy atom. The van der Waals surface area contributed by atoms with Gasteiger partial charge in [-0.2, -0.15) is 0 Å². The molecule has 32 heavy (non-hydrogen) atoms. The van der Waals surface area contributed by atoms with Crippen LogP contribution in [0, 0.1) is 23.0 Å². The number of nitriles is 2. The first kappa shape index (κ1) is 21.9. The first-order valence-corrected chi connectivity index (χ1v) is 9.33. The highest BCUT2D eigenvalue weighted by atomic mass is 16.5. The molecule has 0 amide bonds. The predicted molar refractivity (Wildman–Crippen MR) is 110 cm³/mol. The zero-order valence-corrected chi connectivity index (χ0v) is 16.7. The summed E-state index contributed by atoms with van der Waals surface area (Å²) < 4.78 is 19.9. The van der Waals surface area contributed by atoms with E-state index >= 15 is 0 Å². The Bertz CT molecular complexity index is 1060. The molecule has 0 fully saturated rings. The van der Waals surface area contributed by atoms with Crippen LogP contribution in [0.4, 0.5) is 0 Å². The van der Waals surface area contributed by atoms with Crippen molar-refractivity contribution < 1.29 is 28.5 Å². The third kappa shape index (κ3) is 6.09. The smallest absolute Gasteiger partial charge is 0.338 e. The minimum Gasteiger partial charge on any atom is -0.457 e. The number of nitrogens with zero attached hydrogens (tertiary/aromatic N) is 2. The van der Waals surface area contributed by atoms with Crippen molar-refractivity contribution >= 4 is 11.9 Å². The molecule has 0 saturated carbocycles. The highest BCUT2D eigenvalue weighted by Gasteiger charge is 2.10. The second-order valence-electron chi connectivity index (χ2n) is 6.40. The van der Waals surface area contributed by atoms with Crippen LogP contribution in [0.1, 0.15) is 31.8 Å². The van der Waals surface area contributed by atoms with Crippen LogP contribution >= 0.6 is 0 Å². The van der Waals surface area contributed by atoms with Crippen LogP contribution in [0.15, 0.2) is 72.8 Å². The molecule has 0 spiro atoms. The van der Waals surface area contributed by atoms with Crippen molar-refractivity contribution in [2.75, 3.05) is 0 Å². The summed E-state index contributed by atoms with van der Waals surface area (Å²) >= 11 is 0. The molecule has 0 heterocycles. The molecule has 0 radical (unpaired) electrons. The van der Waals surface area contributed by atoms with E-state index in [2.05, 4.69) is 9.47 Å². The highest BCUT2D eigenvalue weighted by Crippen LogP contribution is 2.15. The topological polar surface area (TPSA) is 119 Å². The van der Waals surface area contributed by atoms with Crippen LogP contribution < -0.4 is 9.47 Å². The average Bonchev–Trinajstić information content (AvgIpc) is 2.83. The Labute approximate surface area is 183 Å². The first-order valence-electron chi connectivity index (χ1n) is 9.33. The van der Waals surface area contributed by atoms with Crippen molar-refractivity contribution in [2.24, 2.45) is 0 Å². The summed E-state index contributed by atoms with van der Waals surface area (Å²) in [4.78, 5) is 24.2. The zero-order chi connectivity index (χ0) is 22.8. The molecule has 0 aliphatic carbocycles. The minimum absolute atomic E-state index is 0.0759. The second kappa shape index (κ2) is 10.8. The third-order valence-electron chi connectivity index (χ3n) is 4.27. The van der Waals surface area contributed by atoms with Crippen LogP contribution in [-0.4, -0.2) is 11.9 Å². The van der Waals surface area contributed by atoms with Gasteiger partial charge in [0.25, 0.3) is 12.5 Å². The largest absolute Gasteiger partial charge is 0.457 e. The number of rotatable bonds is 8. The van der Waals surface area contributed by atoms with Crippen molar-refractivity contribution in [3.8, 4) is 24.0 Å². The molecule has 0 aliphatic rings. The average molecular weight is 428 g/mol. The Morgan fingerprint density at radius 2 is 0.938 bits per heavy atom. The molecule has 8 heteroatoms. The van der Waals surface area contributed by atoms with E-state index in [9.17, 15) is 9.59 Å². The predicted octanol–water partition coefficient (Wildman–Crippen LogP) is 4.12. The monoisotopic (exact) mass is 428 g/mol. The van der Waals surface area contributed by atoms with Crippen LogP contribution in [-0.2, 0) is 22.7 Å². The molecule has 3 aromatic carbocycles. The zero-order valence-electron chi connectivity index (χ0n) is 16.7. The molecule has 0 saturated heterocycles. The molecule has 158 valence electrons. The van der Waals surface area contributed by atoms with Crippen molar-refractivity contribution in [1.29, 1.82) is 10.5 Å². The molecular formula is C24H16N2O6. The van der Waals surface area contributed by atoms with Gasteiger partial charge in [-0.3, -0.25) is 0 Å². The number of benzene rings is 3. The molecule has 0 unspecified atom stereocenters. The first-order chi connectivity index (χ1) is 15.6. The van der Waals surface area contributed by atoms with E-state index in [1.807, 2.05) is 0 Å². The quantitative estimate of drug-likeness (QED) is 0.388. The Kier molecular flexibility index (Phi) is 7.39. The van der Waals surface area contributed by atoms with Crippen LogP contribution in [0.3, 0.4) is 0 Å². The van der Waals surface area contributed by atoms with Crippen molar-refractivity contribution in [2.45, 2.75) is 13.2 Å². The van der Waals surface area contributed by atoms with E-state index in [1.165, 1.54) is 48.5 Å². The van der Waals surface area contributed by atoms with E-state index in [4.69, 9.17) is 20.0 Å². The van der Waals surface area contributed by atoms with E-state index in [0.717, 1.165) is 11.1 Å². The van der Waals surface area contributed by atoms with Crippen LogP contribution in [0.2, 0.25) is 0 Å². The lowest BCUT2D eigenvalue weighted by Gasteiger charge is -2.08. The Morgan fingerprint density at radius 1 is 0.594 bits per heavy atom. The van der Waals surface area contributed by atoms with Gasteiger partial charge in [-0.15, -0.1) is 10.5 Å². The Balaban J connectivity index is 1.47. The Hall–Kier alpha value is -4.82. The lowest BCUT2D eigenvalue weighted by atomic mass is 10.1. The fourth-order valence-electron chi connectivity index (χ4n) is 2.62. The van der Waals surface area contributed by atoms with Gasteiger partial charge >= 0.3 is 11.9 Å². The molecule has 8 nitrogen and oxygen atoms in total. The van der Waals surface area contributed by atoms with Gasteiger partial charge in [0, 0.05) is 0 Å². The summed E-state index contributed by atoms with van der Waals surface area (Å²) in [6.45, 7) is 0.152. The maximum atomic E-state index is 12.1. The van der Waals surface area contributed by atoms with Crippen molar-refractivity contribution in [3.63, 3.8) is 0 Å². The van der Waals surface area contributed by atoms with Gasteiger partial charge in [0.05, 0.1) is 11.1 Å². The summed E-state index contributed by atoms with van der Waals surface area (Å²) in [6, 6.07) is 19.1. The van der Waals surface area contributed by atoms with Gasteiger partial charge in [0.15, 0.2) is 0 Å². The lowest BCUT2D eigenvalue weighted by molar-refractivity contribution is 0.0460. The molecule has 3 aromatic rings. The number of carbonyl (C=O) groups is 2. The molecule has 0 N–H and O–H groups in total. The number of carbonyl (C=O) groups excluding carboxylic acids is 2. The van der Waals surface area contributed by atoms with Gasteiger partial charge < -0.3 is 18.9 Å². The normalized spacial score (nSPS) is 9.69. The molecule has 0 aliphatic heterocycles. The van der Waals surface area contributed by atoms with E-state index < -0.39 is 11.9 Å². The second-order valence-corrected chi connectivity index (χ2v) is 6.40.